The number of guanidine groups is 1. The highest BCUT2D eigenvalue weighted by molar-refractivity contribution is 14.0. The summed E-state index contributed by atoms with van der Waals surface area (Å²) in [6.07, 6.45) is 8.60. The summed E-state index contributed by atoms with van der Waals surface area (Å²) in [5.74, 6) is 2.01. The van der Waals surface area contributed by atoms with Crippen molar-refractivity contribution in [3.63, 3.8) is 0 Å². The van der Waals surface area contributed by atoms with E-state index in [2.05, 4.69) is 45.8 Å². The Labute approximate surface area is 180 Å². The molecule has 5 nitrogen and oxygen atoms in total. The van der Waals surface area contributed by atoms with Gasteiger partial charge < -0.3 is 20.3 Å². The van der Waals surface area contributed by atoms with Crippen LogP contribution < -0.4 is 15.4 Å². The van der Waals surface area contributed by atoms with Crippen molar-refractivity contribution in [3.05, 3.63) is 29.3 Å². The van der Waals surface area contributed by atoms with Gasteiger partial charge in [-0.1, -0.05) is 18.6 Å². The van der Waals surface area contributed by atoms with E-state index in [1.54, 1.807) is 0 Å². The molecule has 3 aliphatic heterocycles. The molecule has 3 heterocycles. The molecule has 2 saturated heterocycles. The smallest absolute Gasteiger partial charge is 0.191 e. The molecular formula is C21H33IN4O. The van der Waals surface area contributed by atoms with Crippen LogP contribution in [0.15, 0.2) is 23.2 Å². The molecule has 1 aromatic carbocycles. The van der Waals surface area contributed by atoms with Gasteiger partial charge in [0, 0.05) is 38.1 Å². The van der Waals surface area contributed by atoms with E-state index < -0.39 is 0 Å². The van der Waals surface area contributed by atoms with Gasteiger partial charge in [0.05, 0.1) is 6.61 Å². The molecule has 0 saturated carbocycles. The summed E-state index contributed by atoms with van der Waals surface area (Å²) >= 11 is 0. The van der Waals surface area contributed by atoms with Crippen molar-refractivity contribution >= 4 is 29.9 Å². The van der Waals surface area contributed by atoms with Gasteiger partial charge in [0.1, 0.15) is 5.75 Å². The standard InChI is InChI=1S/C21H32N4O.HI/c1-22-21(24-17-13-18-4-3-5-19(14-17)25(18)2)23-10-8-15-6-7-20-16(12-15)9-11-26-20;/h6-7,12,17-19H,3-5,8-11,13-14H2,1-2H3,(H2,22,23,24);1H. The Hall–Kier alpha value is -1.02. The molecule has 0 radical (unpaired) electrons. The number of nitrogens with one attached hydrogen (secondary N) is 2. The second kappa shape index (κ2) is 9.45. The number of piperidine rings is 2. The van der Waals surface area contributed by atoms with Crippen molar-refractivity contribution in [2.24, 2.45) is 4.99 Å². The summed E-state index contributed by atoms with van der Waals surface area (Å²) in [5, 5.41) is 7.18. The number of hydrogen-bond acceptors (Lipinski definition) is 3. The molecule has 27 heavy (non-hydrogen) atoms. The predicted molar refractivity (Wildman–Crippen MR) is 121 cm³/mol. The number of nitrogens with zero attached hydrogens (tertiary/aromatic N) is 2. The third-order valence-corrected chi connectivity index (χ3v) is 6.36. The molecule has 1 aromatic rings. The van der Waals surface area contributed by atoms with Crippen LogP contribution in [-0.4, -0.2) is 56.2 Å². The van der Waals surface area contributed by atoms with E-state index in [-0.39, 0.29) is 24.0 Å². The van der Waals surface area contributed by atoms with Crippen LogP contribution in [0.5, 0.6) is 5.75 Å². The molecule has 0 aromatic heterocycles. The number of hydrogen-bond donors (Lipinski definition) is 2. The van der Waals surface area contributed by atoms with E-state index in [0.717, 1.165) is 49.8 Å². The summed E-state index contributed by atoms with van der Waals surface area (Å²) in [4.78, 5) is 7.05. The van der Waals surface area contributed by atoms with Crippen molar-refractivity contribution in [2.45, 2.75) is 63.1 Å². The molecule has 4 rings (SSSR count). The summed E-state index contributed by atoms with van der Waals surface area (Å²) in [6, 6.07) is 8.61. The van der Waals surface area contributed by atoms with Gasteiger partial charge >= 0.3 is 0 Å². The maximum atomic E-state index is 5.59. The summed E-state index contributed by atoms with van der Waals surface area (Å²) in [7, 11) is 4.18. The summed E-state index contributed by atoms with van der Waals surface area (Å²) in [6.45, 7) is 1.73. The highest BCUT2D eigenvalue weighted by Gasteiger charge is 2.36. The van der Waals surface area contributed by atoms with E-state index in [4.69, 9.17) is 4.74 Å². The zero-order chi connectivity index (χ0) is 17.9. The molecule has 2 fully saturated rings. The zero-order valence-corrected chi connectivity index (χ0v) is 18.9. The fraction of sp³-hybridized carbons (Fsp3) is 0.667. The molecule has 0 amide bonds. The van der Waals surface area contributed by atoms with Crippen molar-refractivity contribution in [3.8, 4) is 5.75 Å². The van der Waals surface area contributed by atoms with Gasteiger partial charge in [-0.05, 0) is 56.3 Å². The quantitative estimate of drug-likeness (QED) is 0.392. The Balaban J connectivity index is 0.00000210. The van der Waals surface area contributed by atoms with Crippen LogP contribution in [0.1, 0.15) is 43.2 Å². The monoisotopic (exact) mass is 484 g/mol. The minimum absolute atomic E-state index is 0. The average Bonchev–Trinajstić information content (AvgIpc) is 3.09. The normalized spacial score (nSPS) is 27.3. The summed E-state index contributed by atoms with van der Waals surface area (Å²) in [5.41, 5.74) is 2.72. The summed E-state index contributed by atoms with van der Waals surface area (Å²) < 4.78 is 5.59. The fourth-order valence-corrected chi connectivity index (χ4v) is 4.84. The van der Waals surface area contributed by atoms with E-state index >= 15 is 0 Å². The molecule has 2 bridgehead atoms. The largest absolute Gasteiger partial charge is 0.493 e. The van der Waals surface area contributed by atoms with E-state index in [0.29, 0.717) is 6.04 Å². The van der Waals surface area contributed by atoms with Crippen LogP contribution in [0.4, 0.5) is 0 Å². The number of fused-ring (bicyclic) bond motifs is 3. The first-order valence-corrected chi connectivity index (χ1v) is 10.2. The maximum absolute atomic E-state index is 5.59. The van der Waals surface area contributed by atoms with E-state index in [1.165, 1.54) is 43.2 Å². The molecule has 2 atom stereocenters. The van der Waals surface area contributed by atoms with Crippen LogP contribution in [-0.2, 0) is 12.8 Å². The number of rotatable bonds is 4. The minimum Gasteiger partial charge on any atom is -0.493 e. The van der Waals surface area contributed by atoms with Gasteiger partial charge in [0.2, 0.25) is 0 Å². The third kappa shape index (κ3) is 4.88. The van der Waals surface area contributed by atoms with Gasteiger partial charge in [-0.2, -0.15) is 0 Å². The average molecular weight is 484 g/mol. The second-order valence-corrected chi connectivity index (χ2v) is 8.01. The fourth-order valence-electron chi connectivity index (χ4n) is 4.84. The maximum Gasteiger partial charge on any atom is 0.191 e. The number of ether oxygens (including phenoxy) is 1. The van der Waals surface area contributed by atoms with Gasteiger partial charge in [0.25, 0.3) is 0 Å². The Bertz CT molecular complexity index is 652. The molecule has 3 aliphatic rings. The van der Waals surface area contributed by atoms with Gasteiger partial charge in [-0.3, -0.25) is 4.99 Å². The van der Waals surface area contributed by atoms with Crippen LogP contribution >= 0.6 is 24.0 Å². The van der Waals surface area contributed by atoms with E-state index in [1.807, 2.05) is 7.05 Å². The molecule has 6 heteroatoms. The molecular weight excluding hydrogens is 451 g/mol. The first kappa shape index (κ1) is 20.7. The van der Waals surface area contributed by atoms with Crippen LogP contribution in [0.3, 0.4) is 0 Å². The van der Waals surface area contributed by atoms with Crippen LogP contribution in [0, 0.1) is 0 Å². The van der Waals surface area contributed by atoms with E-state index in [9.17, 15) is 0 Å². The lowest BCUT2D eigenvalue weighted by Crippen LogP contribution is -2.56. The zero-order valence-electron chi connectivity index (χ0n) is 16.5. The Morgan fingerprint density at radius 2 is 2.04 bits per heavy atom. The lowest BCUT2D eigenvalue weighted by molar-refractivity contribution is 0.0526. The molecule has 0 spiro atoms. The lowest BCUT2D eigenvalue weighted by atomic mass is 9.82. The molecule has 2 unspecified atom stereocenters. The first-order valence-electron chi connectivity index (χ1n) is 10.2. The van der Waals surface area contributed by atoms with Gasteiger partial charge in [-0.25, -0.2) is 0 Å². The van der Waals surface area contributed by atoms with Gasteiger partial charge in [-0.15, -0.1) is 24.0 Å². The number of aliphatic imine (C=N–C) groups is 1. The Kier molecular flexibility index (Phi) is 7.25. The van der Waals surface area contributed by atoms with Crippen LogP contribution in [0.2, 0.25) is 0 Å². The third-order valence-electron chi connectivity index (χ3n) is 6.36. The highest BCUT2D eigenvalue weighted by Crippen LogP contribution is 2.32. The molecule has 150 valence electrons. The lowest BCUT2D eigenvalue weighted by Gasteiger charge is -2.47. The molecule has 0 aliphatic carbocycles. The van der Waals surface area contributed by atoms with Gasteiger partial charge in [0.15, 0.2) is 5.96 Å². The van der Waals surface area contributed by atoms with Crippen LogP contribution in [0.25, 0.3) is 0 Å². The molecule has 2 N–H and O–H groups in total. The SMILES string of the molecule is CN=C(NCCc1ccc2c(c1)CCO2)NC1CC2CCCC(C1)N2C.I. The predicted octanol–water partition coefficient (Wildman–Crippen LogP) is 2.96. The Morgan fingerprint density at radius 3 is 2.78 bits per heavy atom. The van der Waals surface area contributed by atoms with Crippen molar-refractivity contribution in [2.75, 3.05) is 27.2 Å². The first-order chi connectivity index (χ1) is 12.7. The second-order valence-electron chi connectivity index (χ2n) is 8.01. The Morgan fingerprint density at radius 1 is 1.26 bits per heavy atom. The van der Waals surface area contributed by atoms with Crippen molar-refractivity contribution < 1.29 is 4.74 Å². The minimum atomic E-state index is 0. The highest BCUT2D eigenvalue weighted by atomic mass is 127. The topological polar surface area (TPSA) is 48.9 Å². The van der Waals surface area contributed by atoms with Crippen molar-refractivity contribution in [1.29, 1.82) is 0 Å². The number of halogens is 1. The van der Waals surface area contributed by atoms with Crippen molar-refractivity contribution in [1.82, 2.24) is 15.5 Å². The number of benzene rings is 1.